The van der Waals surface area contributed by atoms with Crippen LogP contribution in [0, 0.1) is 12.8 Å². The molecule has 1 aliphatic heterocycles. The predicted molar refractivity (Wildman–Crippen MR) is 55.2 cm³/mol. The van der Waals surface area contributed by atoms with E-state index in [1.165, 1.54) is 23.6 Å². The van der Waals surface area contributed by atoms with Crippen LogP contribution in [0.4, 0.5) is 0 Å². The van der Waals surface area contributed by atoms with Crippen LogP contribution in [-0.2, 0) is 13.0 Å². The number of imidazole rings is 1. The second kappa shape index (κ2) is 2.83. The van der Waals surface area contributed by atoms with Crippen molar-refractivity contribution >= 4 is 0 Å². The first-order valence-corrected chi connectivity index (χ1v) is 5.54. The molecule has 2 atom stereocenters. The van der Waals surface area contributed by atoms with Crippen molar-refractivity contribution in [2.24, 2.45) is 5.92 Å². The lowest BCUT2D eigenvalue weighted by Gasteiger charge is -2.15. The Morgan fingerprint density at radius 2 is 2.29 bits per heavy atom. The smallest absolute Gasteiger partial charge is 0.106 e. The van der Waals surface area contributed by atoms with E-state index in [2.05, 4.69) is 28.7 Å². The molecule has 1 aromatic rings. The zero-order chi connectivity index (χ0) is 9.71. The van der Waals surface area contributed by atoms with E-state index in [9.17, 15) is 0 Å². The van der Waals surface area contributed by atoms with E-state index in [4.69, 9.17) is 0 Å². The standard InChI is InChI=1S/C11H17N3/c1-7-5-10(7)14-8(2)13-9-3-4-12-6-11(9)14/h7,10,12H,3-6H2,1-2H3. The van der Waals surface area contributed by atoms with Gasteiger partial charge >= 0.3 is 0 Å². The molecule has 0 radical (unpaired) electrons. The maximum atomic E-state index is 4.67. The molecule has 2 aliphatic rings. The fourth-order valence-corrected chi connectivity index (χ4v) is 2.55. The van der Waals surface area contributed by atoms with Gasteiger partial charge in [0.25, 0.3) is 0 Å². The van der Waals surface area contributed by atoms with E-state index in [1.54, 1.807) is 0 Å². The van der Waals surface area contributed by atoms with Crippen molar-refractivity contribution in [2.45, 2.75) is 39.3 Å². The van der Waals surface area contributed by atoms with Gasteiger partial charge in [0.05, 0.1) is 11.4 Å². The fraction of sp³-hybridized carbons (Fsp3) is 0.727. The van der Waals surface area contributed by atoms with Crippen LogP contribution in [0.2, 0.25) is 0 Å². The quantitative estimate of drug-likeness (QED) is 0.727. The van der Waals surface area contributed by atoms with Gasteiger partial charge in [-0.05, 0) is 19.3 Å². The van der Waals surface area contributed by atoms with Gasteiger partial charge in [-0.15, -0.1) is 0 Å². The lowest BCUT2D eigenvalue weighted by Crippen LogP contribution is -2.25. The van der Waals surface area contributed by atoms with Crippen molar-refractivity contribution in [3.8, 4) is 0 Å². The first kappa shape index (κ1) is 8.48. The fourth-order valence-electron chi connectivity index (χ4n) is 2.55. The molecule has 1 saturated carbocycles. The summed E-state index contributed by atoms with van der Waals surface area (Å²) in [6, 6.07) is 0.742. The topological polar surface area (TPSA) is 29.9 Å². The average molecular weight is 191 g/mol. The molecule has 3 rings (SSSR count). The molecule has 0 bridgehead atoms. The average Bonchev–Trinajstić information content (AvgIpc) is 2.78. The van der Waals surface area contributed by atoms with Crippen LogP contribution in [0.1, 0.15) is 36.6 Å². The zero-order valence-corrected chi connectivity index (χ0v) is 8.88. The molecule has 0 saturated heterocycles. The number of nitrogens with zero attached hydrogens (tertiary/aromatic N) is 2. The molecule has 0 spiro atoms. The monoisotopic (exact) mass is 191 g/mol. The SMILES string of the molecule is Cc1nc2c(n1C1CC1C)CNCC2. The van der Waals surface area contributed by atoms with Gasteiger partial charge in [0, 0.05) is 25.6 Å². The third-order valence-electron chi connectivity index (χ3n) is 3.50. The number of aryl methyl sites for hydroxylation is 1. The Morgan fingerprint density at radius 1 is 1.50 bits per heavy atom. The van der Waals surface area contributed by atoms with Crippen molar-refractivity contribution in [3.63, 3.8) is 0 Å². The van der Waals surface area contributed by atoms with Gasteiger partial charge in [0.1, 0.15) is 5.82 Å². The van der Waals surface area contributed by atoms with Gasteiger partial charge in [-0.2, -0.15) is 0 Å². The maximum absolute atomic E-state index is 4.67. The summed E-state index contributed by atoms with van der Waals surface area (Å²) in [6.45, 7) is 6.57. The number of hydrogen-bond acceptors (Lipinski definition) is 2. The second-order valence-electron chi connectivity index (χ2n) is 4.63. The van der Waals surface area contributed by atoms with Crippen molar-refractivity contribution in [1.82, 2.24) is 14.9 Å². The minimum Gasteiger partial charge on any atom is -0.327 e. The van der Waals surface area contributed by atoms with Gasteiger partial charge in [-0.25, -0.2) is 4.98 Å². The Hall–Kier alpha value is -0.830. The van der Waals surface area contributed by atoms with Crippen molar-refractivity contribution in [2.75, 3.05) is 6.54 Å². The number of nitrogens with one attached hydrogen (secondary N) is 1. The Balaban J connectivity index is 2.05. The predicted octanol–water partition coefficient (Wildman–Crippen LogP) is 1.42. The molecule has 1 N–H and O–H groups in total. The lowest BCUT2D eigenvalue weighted by atomic mass is 10.2. The summed E-state index contributed by atoms with van der Waals surface area (Å²) in [7, 11) is 0. The van der Waals surface area contributed by atoms with E-state index in [-0.39, 0.29) is 0 Å². The van der Waals surface area contributed by atoms with Gasteiger partial charge in [0.15, 0.2) is 0 Å². The van der Waals surface area contributed by atoms with Gasteiger partial charge < -0.3 is 9.88 Å². The number of fused-ring (bicyclic) bond motifs is 1. The minimum atomic E-state index is 0.742. The minimum absolute atomic E-state index is 0.742. The van der Waals surface area contributed by atoms with Crippen LogP contribution < -0.4 is 5.32 Å². The molecule has 1 fully saturated rings. The summed E-state index contributed by atoms with van der Waals surface area (Å²) < 4.78 is 2.46. The number of hydrogen-bond donors (Lipinski definition) is 1. The molecule has 0 amide bonds. The van der Waals surface area contributed by atoms with E-state index < -0.39 is 0 Å². The number of aromatic nitrogens is 2. The van der Waals surface area contributed by atoms with Crippen molar-refractivity contribution in [3.05, 3.63) is 17.2 Å². The second-order valence-corrected chi connectivity index (χ2v) is 4.63. The highest BCUT2D eigenvalue weighted by Gasteiger charge is 2.37. The lowest BCUT2D eigenvalue weighted by molar-refractivity contribution is 0.566. The highest BCUT2D eigenvalue weighted by molar-refractivity contribution is 5.22. The summed E-state index contributed by atoms with van der Waals surface area (Å²) in [5, 5.41) is 3.43. The van der Waals surface area contributed by atoms with Crippen LogP contribution >= 0.6 is 0 Å². The van der Waals surface area contributed by atoms with E-state index in [1.807, 2.05) is 0 Å². The summed E-state index contributed by atoms with van der Waals surface area (Å²) in [5.41, 5.74) is 2.78. The summed E-state index contributed by atoms with van der Waals surface area (Å²) >= 11 is 0. The molecular weight excluding hydrogens is 174 g/mol. The Morgan fingerprint density at radius 3 is 3.00 bits per heavy atom. The Bertz CT molecular complexity index is 367. The molecule has 2 unspecified atom stereocenters. The van der Waals surface area contributed by atoms with E-state index >= 15 is 0 Å². The van der Waals surface area contributed by atoms with Gasteiger partial charge in [-0.3, -0.25) is 0 Å². The first-order chi connectivity index (χ1) is 6.77. The molecule has 3 heteroatoms. The van der Waals surface area contributed by atoms with Crippen LogP contribution in [-0.4, -0.2) is 16.1 Å². The van der Waals surface area contributed by atoms with Crippen molar-refractivity contribution < 1.29 is 0 Å². The third kappa shape index (κ3) is 1.12. The first-order valence-electron chi connectivity index (χ1n) is 5.54. The third-order valence-corrected chi connectivity index (χ3v) is 3.50. The number of rotatable bonds is 1. The van der Waals surface area contributed by atoms with Crippen LogP contribution in [0.3, 0.4) is 0 Å². The highest BCUT2D eigenvalue weighted by atomic mass is 15.2. The summed E-state index contributed by atoms with van der Waals surface area (Å²) in [6.07, 6.45) is 2.44. The molecule has 2 heterocycles. The maximum Gasteiger partial charge on any atom is 0.106 e. The van der Waals surface area contributed by atoms with Crippen molar-refractivity contribution in [1.29, 1.82) is 0 Å². The molecule has 14 heavy (non-hydrogen) atoms. The Labute approximate surface area is 84.5 Å². The molecule has 76 valence electrons. The molecule has 1 aromatic heterocycles. The van der Waals surface area contributed by atoms with Crippen LogP contribution in [0.5, 0.6) is 0 Å². The molecular formula is C11H17N3. The van der Waals surface area contributed by atoms with Crippen LogP contribution in [0.15, 0.2) is 0 Å². The highest BCUT2D eigenvalue weighted by Crippen LogP contribution is 2.44. The largest absolute Gasteiger partial charge is 0.327 e. The summed E-state index contributed by atoms with van der Waals surface area (Å²) in [5.74, 6) is 2.07. The Kier molecular flexibility index (Phi) is 1.71. The molecule has 1 aliphatic carbocycles. The van der Waals surface area contributed by atoms with E-state index in [0.29, 0.717) is 0 Å². The normalized spacial score (nSPS) is 30.1. The molecule has 0 aromatic carbocycles. The van der Waals surface area contributed by atoms with E-state index in [0.717, 1.165) is 31.5 Å². The zero-order valence-electron chi connectivity index (χ0n) is 8.88. The molecule has 3 nitrogen and oxygen atoms in total. The van der Waals surface area contributed by atoms with Crippen LogP contribution in [0.25, 0.3) is 0 Å². The summed E-state index contributed by atoms with van der Waals surface area (Å²) in [4.78, 5) is 4.67. The van der Waals surface area contributed by atoms with Gasteiger partial charge in [-0.1, -0.05) is 6.92 Å². The van der Waals surface area contributed by atoms with Gasteiger partial charge in [0.2, 0.25) is 0 Å².